The van der Waals surface area contributed by atoms with Gasteiger partial charge in [0.2, 0.25) is 0 Å². The summed E-state index contributed by atoms with van der Waals surface area (Å²) in [6.45, 7) is 6.02. The number of aromatic nitrogens is 1. The van der Waals surface area contributed by atoms with Gasteiger partial charge in [0, 0.05) is 0 Å². The average Bonchev–Trinajstić information content (AvgIpc) is 2.74. The molecule has 2 amide bonds. The van der Waals surface area contributed by atoms with Crippen molar-refractivity contribution in [2.24, 2.45) is 0 Å². The van der Waals surface area contributed by atoms with Gasteiger partial charge in [-0.15, -0.1) is 0 Å². The molecular formula is C17H17ClN2O2. The molecule has 0 bridgehead atoms. The molecule has 0 unspecified atom stereocenters. The van der Waals surface area contributed by atoms with Crippen molar-refractivity contribution >= 4 is 23.4 Å². The molecule has 0 radical (unpaired) electrons. The second-order valence-electron chi connectivity index (χ2n) is 4.70. The van der Waals surface area contributed by atoms with Gasteiger partial charge in [0.1, 0.15) is 5.15 Å². The average molecular weight is 317 g/mol. The zero-order valence-corrected chi connectivity index (χ0v) is 13.5. The van der Waals surface area contributed by atoms with Gasteiger partial charge in [-0.2, -0.15) is 0 Å². The number of carbonyl (C=O) groups is 2. The minimum atomic E-state index is -0.287. The van der Waals surface area contributed by atoms with Gasteiger partial charge in [0.15, 0.2) is 0 Å². The van der Waals surface area contributed by atoms with Crippen molar-refractivity contribution in [1.82, 2.24) is 9.88 Å². The summed E-state index contributed by atoms with van der Waals surface area (Å²) >= 11 is 5.90. The van der Waals surface area contributed by atoms with E-state index in [9.17, 15) is 9.59 Å². The molecule has 114 valence electrons. The Morgan fingerprint density at radius 2 is 1.59 bits per heavy atom. The number of pyridine rings is 1. The van der Waals surface area contributed by atoms with Crippen LogP contribution in [0.3, 0.4) is 0 Å². The van der Waals surface area contributed by atoms with Gasteiger partial charge >= 0.3 is 0 Å². The van der Waals surface area contributed by atoms with Crippen LogP contribution in [0, 0.1) is 6.92 Å². The number of halogens is 1. The number of nitrogens with zero attached hydrogens (tertiary/aromatic N) is 2. The van der Waals surface area contributed by atoms with E-state index in [0.29, 0.717) is 22.0 Å². The maximum absolute atomic E-state index is 12.2. The largest absolute Gasteiger partial charge is 0.269 e. The summed E-state index contributed by atoms with van der Waals surface area (Å²) in [5.41, 5.74) is 2.42. The number of aryl methyl sites for hydroxylation is 1. The topological polar surface area (TPSA) is 50.3 Å². The Balaban J connectivity index is 0.000000847. The van der Waals surface area contributed by atoms with Crippen LogP contribution in [0.15, 0.2) is 36.4 Å². The van der Waals surface area contributed by atoms with Crippen LogP contribution in [-0.4, -0.2) is 21.7 Å². The first-order valence-electron chi connectivity index (χ1n) is 7.14. The third kappa shape index (κ3) is 3.02. The highest BCUT2D eigenvalue weighted by atomic mass is 35.5. The Hall–Kier alpha value is -2.20. The Kier molecular flexibility index (Phi) is 4.93. The van der Waals surface area contributed by atoms with Crippen LogP contribution in [-0.2, 0) is 6.54 Å². The highest BCUT2D eigenvalue weighted by Gasteiger charge is 2.35. The lowest BCUT2D eigenvalue weighted by Gasteiger charge is -2.13. The van der Waals surface area contributed by atoms with E-state index >= 15 is 0 Å². The summed E-state index contributed by atoms with van der Waals surface area (Å²) in [5.74, 6) is -0.574. The number of hydrogen-bond donors (Lipinski definition) is 0. The minimum absolute atomic E-state index is 0.133. The lowest BCUT2D eigenvalue weighted by Crippen LogP contribution is -2.29. The van der Waals surface area contributed by atoms with E-state index in [2.05, 4.69) is 4.98 Å². The van der Waals surface area contributed by atoms with Crippen molar-refractivity contribution in [3.05, 3.63) is 63.9 Å². The molecule has 5 heteroatoms. The second kappa shape index (κ2) is 6.71. The predicted octanol–water partition coefficient (Wildman–Crippen LogP) is 3.87. The molecule has 4 nitrogen and oxygen atoms in total. The summed E-state index contributed by atoms with van der Waals surface area (Å²) in [4.78, 5) is 29.8. The first kappa shape index (κ1) is 16.2. The van der Waals surface area contributed by atoms with Gasteiger partial charge in [0.25, 0.3) is 11.8 Å². The summed E-state index contributed by atoms with van der Waals surface area (Å²) < 4.78 is 0. The van der Waals surface area contributed by atoms with Crippen LogP contribution in [0.25, 0.3) is 0 Å². The van der Waals surface area contributed by atoms with Gasteiger partial charge < -0.3 is 0 Å². The quantitative estimate of drug-likeness (QED) is 0.624. The fraction of sp³-hybridized carbons (Fsp3) is 0.235. The molecule has 1 aliphatic rings. The van der Waals surface area contributed by atoms with Crippen molar-refractivity contribution in [2.45, 2.75) is 27.3 Å². The SMILES string of the molecule is CC.Cc1cc(Cl)nc(CN2C(=O)c3ccccc3C2=O)c1. The summed E-state index contributed by atoms with van der Waals surface area (Å²) in [7, 11) is 0. The molecule has 0 fully saturated rings. The third-order valence-electron chi connectivity index (χ3n) is 3.19. The smallest absolute Gasteiger partial charge is 0.261 e. The summed E-state index contributed by atoms with van der Waals surface area (Å²) in [6.07, 6.45) is 0. The maximum Gasteiger partial charge on any atom is 0.261 e. The summed E-state index contributed by atoms with van der Waals surface area (Å²) in [5, 5.41) is 0.358. The molecular weight excluding hydrogens is 300 g/mol. The van der Waals surface area contributed by atoms with Crippen LogP contribution < -0.4 is 0 Å². The van der Waals surface area contributed by atoms with Gasteiger partial charge in [-0.3, -0.25) is 14.5 Å². The monoisotopic (exact) mass is 316 g/mol. The predicted molar refractivity (Wildman–Crippen MR) is 86.0 cm³/mol. The maximum atomic E-state index is 12.2. The zero-order chi connectivity index (χ0) is 16.3. The van der Waals surface area contributed by atoms with Crippen LogP contribution in [0.5, 0.6) is 0 Å². The number of rotatable bonds is 2. The van der Waals surface area contributed by atoms with E-state index in [1.54, 1.807) is 30.3 Å². The van der Waals surface area contributed by atoms with E-state index < -0.39 is 0 Å². The first-order chi connectivity index (χ1) is 10.6. The standard InChI is InChI=1S/C15H11ClN2O2.C2H6/c1-9-6-10(17-13(16)7-9)8-18-14(19)11-4-2-3-5-12(11)15(18)20;1-2/h2-7H,8H2,1H3;1-2H3. The van der Waals surface area contributed by atoms with Crippen LogP contribution >= 0.6 is 11.6 Å². The van der Waals surface area contributed by atoms with Gasteiger partial charge in [0.05, 0.1) is 23.4 Å². The molecule has 0 saturated heterocycles. The Labute approximate surface area is 134 Å². The Morgan fingerprint density at radius 1 is 1.05 bits per heavy atom. The summed E-state index contributed by atoms with van der Waals surface area (Å²) in [6, 6.07) is 10.4. The molecule has 2 heterocycles. The van der Waals surface area contributed by atoms with Gasteiger partial charge in [-0.05, 0) is 36.8 Å². The molecule has 1 aromatic heterocycles. The number of imide groups is 1. The van der Waals surface area contributed by atoms with Crippen LogP contribution in [0.2, 0.25) is 5.15 Å². The number of amides is 2. The fourth-order valence-corrected chi connectivity index (χ4v) is 2.60. The Morgan fingerprint density at radius 3 is 2.09 bits per heavy atom. The van der Waals surface area contributed by atoms with Gasteiger partial charge in [-0.1, -0.05) is 37.6 Å². The highest BCUT2D eigenvalue weighted by Crippen LogP contribution is 2.24. The molecule has 0 aliphatic carbocycles. The molecule has 1 aliphatic heterocycles. The van der Waals surface area contributed by atoms with E-state index in [1.807, 2.05) is 26.8 Å². The zero-order valence-electron chi connectivity index (χ0n) is 12.8. The van der Waals surface area contributed by atoms with E-state index in [1.165, 1.54) is 4.90 Å². The fourth-order valence-electron chi connectivity index (χ4n) is 2.32. The van der Waals surface area contributed by atoms with Crippen molar-refractivity contribution < 1.29 is 9.59 Å². The number of fused-ring (bicyclic) bond motifs is 1. The third-order valence-corrected chi connectivity index (χ3v) is 3.38. The highest BCUT2D eigenvalue weighted by molar-refractivity contribution is 6.29. The van der Waals surface area contributed by atoms with E-state index in [-0.39, 0.29) is 18.4 Å². The van der Waals surface area contributed by atoms with E-state index in [4.69, 9.17) is 11.6 Å². The second-order valence-corrected chi connectivity index (χ2v) is 5.09. The molecule has 3 rings (SSSR count). The Bertz CT molecular complexity index is 673. The lowest BCUT2D eigenvalue weighted by atomic mass is 10.1. The number of carbonyl (C=O) groups excluding carboxylic acids is 2. The molecule has 0 N–H and O–H groups in total. The van der Waals surface area contributed by atoms with Crippen LogP contribution in [0.1, 0.15) is 45.8 Å². The van der Waals surface area contributed by atoms with Crippen molar-refractivity contribution in [3.63, 3.8) is 0 Å². The number of benzene rings is 1. The lowest BCUT2D eigenvalue weighted by molar-refractivity contribution is 0.0640. The van der Waals surface area contributed by atoms with Gasteiger partial charge in [-0.25, -0.2) is 4.98 Å². The molecule has 0 saturated carbocycles. The van der Waals surface area contributed by atoms with Crippen molar-refractivity contribution in [1.29, 1.82) is 0 Å². The molecule has 1 aromatic carbocycles. The first-order valence-corrected chi connectivity index (χ1v) is 7.52. The molecule has 22 heavy (non-hydrogen) atoms. The normalized spacial score (nSPS) is 12.8. The van der Waals surface area contributed by atoms with Crippen LogP contribution in [0.4, 0.5) is 0 Å². The van der Waals surface area contributed by atoms with Crippen molar-refractivity contribution in [3.8, 4) is 0 Å². The molecule has 2 aromatic rings. The molecule has 0 spiro atoms. The van der Waals surface area contributed by atoms with Crippen molar-refractivity contribution in [2.75, 3.05) is 0 Å². The minimum Gasteiger partial charge on any atom is -0.269 e. The van der Waals surface area contributed by atoms with E-state index in [0.717, 1.165) is 5.56 Å². The molecule has 0 atom stereocenters. The number of hydrogen-bond acceptors (Lipinski definition) is 3.